The molecule has 0 bridgehead atoms. The van der Waals surface area contributed by atoms with Gasteiger partial charge >= 0.3 is 0 Å². The van der Waals surface area contributed by atoms with Crippen molar-refractivity contribution in [3.8, 4) is 0 Å². The van der Waals surface area contributed by atoms with Gasteiger partial charge in [-0.05, 0) is 56.6 Å². The zero-order valence-corrected chi connectivity index (χ0v) is 18.2. The molecule has 164 valence electrons. The quantitative estimate of drug-likeness (QED) is 0.252. The highest BCUT2D eigenvalue weighted by atomic mass is 35.5. The van der Waals surface area contributed by atoms with Crippen molar-refractivity contribution in [1.29, 1.82) is 0 Å². The van der Waals surface area contributed by atoms with E-state index >= 15 is 0 Å². The van der Waals surface area contributed by atoms with Crippen LogP contribution in [0, 0.1) is 11.8 Å². The van der Waals surface area contributed by atoms with E-state index < -0.39 is 24.4 Å². The van der Waals surface area contributed by atoms with Crippen LogP contribution in [-0.2, 0) is 6.42 Å². The number of thiophene rings is 1. The molecular weight excluding hydrogens is 412 g/mol. The lowest BCUT2D eigenvalue weighted by atomic mass is 9.89. The lowest BCUT2D eigenvalue weighted by Crippen LogP contribution is -2.20. The molecule has 1 aliphatic rings. The Morgan fingerprint density at radius 2 is 1.93 bits per heavy atom. The minimum atomic E-state index is -0.659. The van der Waals surface area contributed by atoms with E-state index in [9.17, 15) is 20.4 Å². The van der Waals surface area contributed by atoms with E-state index in [4.69, 9.17) is 16.7 Å². The van der Waals surface area contributed by atoms with E-state index in [0.29, 0.717) is 25.7 Å². The summed E-state index contributed by atoms with van der Waals surface area (Å²) in [5, 5.41) is 49.0. The van der Waals surface area contributed by atoms with Crippen LogP contribution in [-0.4, -0.2) is 56.6 Å². The summed E-state index contributed by atoms with van der Waals surface area (Å²) in [7, 11) is 0. The van der Waals surface area contributed by atoms with Crippen LogP contribution in [0.3, 0.4) is 0 Å². The predicted octanol–water partition coefficient (Wildman–Crippen LogP) is 3.08. The van der Waals surface area contributed by atoms with Crippen LogP contribution in [0.15, 0.2) is 36.4 Å². The van der Waals surface area contributed by atoms with Gasteiger partial charge in [0, 0.05) is 17.2 Å². The normalized spacial score (nSPS) is 27.2. The molecule has 29 heavy (non-hydrogen) atoms. The summed E-state index contributed by atoms with van der Waals surface area (Å²) in [4.78, 5) is 1.13. The van der Waals surface area contributed by atoms with Gasteiger partial charge in [0.2, 0.25) is 0 Å². The van der Waals surface area contributed by atoms with E-state index in [1.807, 2.05) is 30.4 Å². The Balaban J connectivity index is 1.79. The molecule has 0 radical (unpaired) electrons. The molecule has 0 aliphatic heterocycles. The summed E-state index contributed by atoms with van der Waals surface area (Å²) in [6.07, 6.45) is 9.66. The second kappa shape index (κ2) is 12.8. The molecule has 0 amide bonds. The van der Waals surface area contributed by atoms with Crippen molar-refractivity contribution in [2.75, 3.05) is 6.61 Å². The molecule has 7 heteroatoms. The fourth-order valence-electron chi connectivity index (χ4n) is 3.77. The Labute approximate surface area is 182 Å². The van der Waals surface area contributed by atoms with Crippen molar-refractivity contribution in [3.05, 3.63) is 45.7 Å². The van der Waals surface area contributed by atoms with Gasteiger partial charge in [-0.1, -0.05) is 35.9 Å². The Hall–Kier alpha value is -0.730. The minimum absolute atomic E-state index is 0.0798. The van der Waals surface area contributed by atoms with E-state index in [1.165, 1.54) is 11.3 Å². The number of halogens is 1. The summed E-state index contributed by atoms with van der Waals surface area (Å²) < 4.78 is 0.744. The molecule has 0 aromatic carbocycles. The first-order valence-electron chi connectivity index (χ1n) is 10.3. The number of aliphatic hydroxyl groups is 5. The van der Waals surface area contributed by atoms with Gasteiger partial charge in [-0.25, -0.2) is 0 Å². The van der Waals surface area contributed by atoms with Crippen molar-refractivity contribution in [1.82, 2.24) is 0 Å². The molecule has 5 nitrogen and oxygen atoms in total. The number of hydrogen-bond acceptors (Lipinski definition) is 6. The molecule has 0 unspecified atom stereocenters. The topological polar surface area (TPSA) is 101 Å². The van der Waals surface area contributed by atoms with Gasteiger partial charge in [0.05, 0.1) is 35.4 Å². The number of unbranched alkanes of at least 4 members (excludes halogenated alkanes) is 1. The van der Waals surface area contributed by atoms with Gasteiger partial charge in [-0.3, -0.25) is 0 Å². The molecule has 1 aromatic heterocycles. The molecule has 1 heterocycles. The van der Waals surface area contributed by atoms with Gasteiger partial charge in [-0.2, -0.15) is 0 Å². The summed E-state index contributed by atoms with van der Waals surface area (Å²) >= 11 is 7.44. The van der Waals surface area contributed by atoms with Crippen LogP contribution in [0.1, 0.15) is 43.4 Å². The summed E-state index contributed by atoms with van der Waals surface area (Å²) in [5.41, 5.74) is 0. The van der Waals surface area contributed by atoms with Crippen molar-refractivity contribution in [3.63, 3.8) is 0 Å². The maximum absolute atomic E-state index is 10.3. The Bertz CT molecular complexity index is 647. The van der Waals surface area contributed by atoms with Gasteiger partial charge in [0.15, 0.2) is 0 Å². The predicted molar refractivity (Wildman–Crippen MR) is 117 cm³/mol. The van der Waals surface area contributed by atoms with E-state index in [1.54, 1.807) is 6.08 Å². The highest BCUT2D eigenvalue weighted by Gasteiger charge is 2.39. The number of aliphatic hydroxyl groups excluding tert-OH is 5. The van der Waals surface area contributed by atoms with Crippen LogP contribution in [0.2, 0.25) is 4.34 Å². The molecule has 6 atom stereocenters. The van der Waals surface area contributed by atoms with Gasteiger partial charge in [-0.15, -0.1) is 11.3 Å². The average Bonchev–Trinajstić information content (AvgIpc) is 3.23. The molecule has 1 aromatic rings. The van der Waals surface area contributed by atoms with Crippen molar-refractivity contribution < 1.29 is 25.5 Å². The Kier molecular flexibility index (Phi) is 10.9. The van der Waals surface area contributed by atoms with E-state index in [-0.39, 0.29) is 18.4 Å². The summed E-state index contributed by atoms with van der Waals surface area (Å²) in [6, 6.07) is 3.82. The monoisotopic (exact) mass is 444 g/mol. The van der Waals surface area contributed by atoms with E-state index in [0.717, 1.165) is 28.5 Å². The maximum Gasteiger partial charge on any atom is 0.0931 e. The van der Waals surface area contributed by atoms with Crippen LogP contribution >= 0.6 is 22.9 Å². The van der Waals surface area contributed by atoms with Crippen LogP contribution in [0.5, 0.6) is 0 Å². The van der Waals surface area contributed by atoms with Crippen molar-refractivity contribution in [2.24, 2.45) is 11.8 Å². The van der Waals surface area contributed by atoms with Gasteiger partial charge in [0.25, 0.3) is 0 Å². The maximum atomic E-state index is 10.3. The average molecular weight is 445 g/mol. The van der Waals surface area contributed by atoms with Crippen LogP contribution < -0.4 is 0 Å². The minimum Gasteiger partial charge on any atom is -0.394 e. The number of allylic oxidation sites excluding steroid dienone is 2. The molecular formula is C22H33ClO5S. The highest BCUT2D eigenvalue weighted by molar-refractivity contribution is 7.16. The van der Waals surface area contributed by atoms with E-state index in [2.05, 4.69) is 0 Å². The molecule has 2 rings (SSSR count). The van der Waals surface area contributed by atoms with Crippen molar-refractivity contribution >= 4 is 22.9 Å². The molecule has 0 saturated heterocycles. The first kappa shape index (κ1) is 24.5. The Morgan fingerprint density at radius 1 is 1.14 bits per heavy atom. The number of hydrogen-bond donors (Lipinski definition) is 5. The third-order valence-corrected chi connectivity index (χ3v) is 6.77. The van der Waals surface area contributed by atoms with Crippen LogP contribution in [0.25, 0.3) is 0 Å². The molecule has 1 aliphatic carbocycles. The third-order valence-electron chi connectivity index (χ3n) is 5.48. The van der Waals surface area contributed by atoms with Gasteiger partial charge in [0.1, 0.15) is 0 Å². The van der Waals surface area contributed by atoms with Crippen molar-refractivity contribution in [2.45, 2.75) is 69.4 Å². The fourth-order valence-corrected chi connectivity index (χ4v) is 4.87. The second-order valence-electron chi connectivity index (χ2n) is 7.78. The van der Waals surface area contributed by atoms with Gasteiger partial charge < -0.3 is 25.5 Å². The summed E-state index contributed by atoms with van der Waals surface area (Å²) in [6.45, 7) is -0.212. The van der Waals surface area contributed by atoms with Crippen LogP contribution in [0.4, 0.5) is 0 Å². The second-order valence-corrected chi connectivity index (χ2v) is 9.58. The standard InChI is InChI=1S/C22H33ClO5S/c23-22-12-10-17(29-22)9-7-15(25)8-11-19-18(20(27)13-21(19)28)6-4-2-1-3-5-16(26)14-24/h2,4,8,10-12,15-16,18-21,24-28H,1,3,5-7,9,13-14H2/t15-,16+,18+,19+,20-,21+/m0/s1. The smallest absolute Gasteiger partial charge is 0.0931 e. The largest absolute Gasteiger partial charge is 0.394 e. The Morgan fingerprint density at radius 3 is 2.62 bits per heavy atom. The first-order chi connectivity index (χ1) is 13.9. The number of aryl methyl sites for hydroxylation is 1. The zero-order valence-electron chi connectivity index (χ0n) is 16.6. The molecule has 5 N–H and O–H groups in total. The molecule has 0 spiro atoms. The first-order valence-corrected chi connectivity index (χ1v) is 11.5. The lowest BCUT2D eigenvalue weighted by Gasteiger charge is -2.19. The fraction of sp³-hybridized carbons (Fsp3) is 0.636. The third kappa shape index (κ3) is 8.50. The summed E-state index contributed by atoms with van der Waals surface area (Å²) in [5.74, 6) is -0.263. The lowest BCUT2D eigenvalue weighted by molar-refractivity contribution is 0.0868. The molecule has 1 saturated carbocycles. The zero-order chi connectivity index (χ0) is 21.2. The SMILES string of the molecule is OC[C@H](O)CCCC=CC[C@@H]1[C@@H](C=C[C@@H](O)CCc2ccc(Cl)s2)[C@H](O)C[C@@H]1O. The molecule has 1 fully saturated rings. The number of rotatable bonds is 12. The highest BCUT2D eigenvalue weighted by Crippen LogP contribution is 2.36.